The van der Waals surface area contributed by atoms with Crippen molar-refractivity contribution in [3.63, 3.8) is 0 Å². The number of hydrogen-bond donors (Lipinski definition) is 1. The molecule has 1 radical (unpaired) electrons. The molecule has 0 bridgehead atoms. The molecule has 0 aliphatic carbocycles. The van der Waals surface area contributed by atoms with Crippen LogP contribution in [0.5, 0.6) is 0 Å². The standard InChI is InChI=1S/C13H15F3NO2/c1-12(2,3)19-11(18)17-8-9-4-6-10(7-5-9)13(14,15)16/h4-8H,1-3H3,(H,17,18). The summed E-state index contributed by atoms with van der Waals surface area (Å²) in [7, 11) is 0. The maximum atomic E-state index is 12.3. The van der Waals surface area contributed by atoms with Crippen molar-refractivity contribution in [1.82, 2.24) is 5.32 Å². The van der Waals surface area contributed by atoms with Gasteiger partial charge in [0, 0.05) is 0 Å². The van der Waals surface area contributed by atoms with Gasteiger partial charge in [0.2, 0.25) is 0 Å². The molecular weight excluding hydrogens is 259 g/mol. The Labute approximate surface area is 109 Å². The molecule has 0 atom stereocenters. The van der Waals surface area contributed by atoms with E-state index in [1.54, 1.807) is 20.8 Å². The largest absolute Gasteiger partial charge is 0.444 e. The lowest BCUT2D eigenvalue weighted by Crippen LogP contribution is -2.31. The Bertz CT molecular complexity index is 433. The fraction of sp³-hybridized carbons (Fsp3) is 0.385. The number of ether oxygens (including phenoxy) is 1. The lowest BCUT2D eigenvalue weighted by atomic mass is 10.1. The van der Waals surface area contributed by atoms with Crippen LogP contribution in [0.15, 0.2) is 24.3 Å². The smallest absolute Gasteiger partial charge is 0.416 e. The fourth-order valence-corrected chi connectivity index (χ4v) is 1.22. The number of nitrogens with one attached hydrogen (secondary N) is 1. The third kappa shape index (κ3) is 5.63. The van der Waals surface area contributed by atoms with Crippen molar-refractivity contribution >= 4 is 6.09 Å². The highest BCUT2D eigenvalue weighted by molar-refractivity contribution is 5.69. The number of carbonyl (C=O) groups excluding carboxylic acids is 1. The molecule has 6 heteroatoms. The molecule has 105 valence electrons. The van der Waals surface area contributed by atoms with Crippen LogP contribution in [0.25, 0.3) is 0 Å². The van der Waals surface area contributed by atoms with Gasteiger partial charge in [-0.25, -0.2) is 4.79 Å². The van der Waals surface area contributed by atoms with E-state index in [1.807, 2.05) is 0 Å². The van der Waals surface area contributed by atoms with Gasteiger partial charge in [-0.2, -0.15) is 13.2 Å². The van der Waals surface area contributed by atoms with E-state index in [-0.39, 0.29) is 0 Å². The van der Waals surface area contributed by atoms with Gasteiger partial charge in [-0.15, -0.1) is 0 Å². The predicted molar refractivity (Wildman–Crippen MR) is 64.2 cm³/mol. The lowest BCUT2D eigenvalue weighted by Gasteiger charge is -2.19. The molecule has 0 aromatic heterocycles. The van der Waals surface area contributed by atoms with Crippen LogP contribution in [0.2, 0.25) is 0 Å². The van der Waals surface area contributed by atoms with Crippen molar-refractivity contribution in [3.05, 3.63) is 41.9 Å². The van der Waals surface area contributed by atoms with Gasteiger partial charge in [-0.3, -0.25) is 0 Å². The van der Waals surface area contributed by atoms with Crippen molar-refractivity contribution in [2.24, 2.45) is 0 Å². The lowest BCUT2D eigenvalue weighted by molar-refractivity contribution is -0.137. The van der Waals surface area contributed by atoms with Crippen molar-refractivity contribution in [2.75, 3.05) is 0 Å². The Morgan fingerprint density at radius 3 is 2.11 bits per heavy atom. The third-order valence-electron chi connectivity index (χ3n) is 1.99. The Kier molecular flexibility index (Phi) is 4.44. The molecule has 1 N–H and O–H groups in total. The molecular formula is C13H15F3NO2. The van der Waals surface area contributed by atoms with Gasteiger partial charge in [0.05, 0.1) is 12.1 Å². The fourth-order valence-electron chi connectivity index (χ4n) is 1.22. The van der Waals surface area contributed by atoms with E-state index < -0.39 is 23.4 Å². The average Bonchev–Trinajstić information content (AvgIpc) is 2.23. The molecule has 3 nitrogen and oxygen atoms in total. The predicted octanol–water partition coefficient (Wildman–Crippen LogP) is 3.74. The number of hydrogen-bond acceptors (Lipinski definition) is 2. The minimum atomic E-state index is -4.36. The van der Waals surface area contributed by atoms with Gasteiger partial charge in [0.15, 0.2) is 0 Å². The number of rotatable bonds is 2. The van der Waals surface area contributed by atoms with Gasteiger partial charge in [0.1, 0.15) is 5.60 Å². The summed E-state index contributed by atoms with van der Waals surface area (Å²) in [6.07, 6.45) is -5.02. The molecule has 0 unspecified atom stereocenters. The Hall–Kier alpha value is -1.72. The summed E-state index contributed by atoms with van der Waals surface area (Å²) in [4.78, 5) is 11.3. The first kappa shape index (κ1) is 15.3. The monoisotopic (exact) mass is 274 g/mol. The number of alkyl carbamates (subject to hydrolysis) is 1. The van der Waals surface area contributed by atoms with Gasteiger partial charge < -0.3 is 10.1 Å². The van der Waals surface area contributed by atoms with Crippen LogP contribution < -0.4 is 5.32 Å². The molecule has 0 fully saturated rings. The molecule has 1 amide bonds. The molecule has 19 heavy (non-hydrogen) atoms. The zero-order valence-electron chi connectivity index (χ0n) is 10.8. The quantitative estimate of drug-likeness (QED) is 0.892. The van der Waals surface area contributed by atoms with Crippen molar-refractivity contribution < 1.29 is 22.7 Å². The highest BCUT2D eigenvalue weighted by Gasteiger charge is 2.29. The maximum Gasteiger partial charge on any atom is 0.416 e. The van der Waals surface area contributed by atoms with E-state index in [0.29, 0.717) is 5.56 Å². The summed E-state index contributed by atoms with van der Waals surface area (Å²) in [5.41, 5.74) is -0.918. The normalized spacial score (nSPS) is 12.1. The topological polar surface area (TPSA) is 38.3 Å². The van der Waals surface area contributed by atoms with Crippen molar-refractivity contribution in [3.8, 4) is 0 Å². The Balaban J connectivity index is 2.53. The van der Waals surface area contributed by atoms with E-state index in [1.165, 1.54) is 18.7 Å². The zero-order chi connectivity index (χ0) is 14.7. The van der Waals surface area contributed by atoms with Gasteiger partial charge in [-0.1, -0.05) is 12.1 Å². The number of alkyl halides is 3. The molecule has 0 saturated carbocycles. The van der Waals surface area contributed by atoms with Crippen LogP contribution in [0, 0.1) is 6.54 Å². The second kappa shape index (κ2) is 5.50. The summed E-state index contributed by atoms with van der Waals surface area (Å²) in [6, 6.07) is 4.42. The van der Waals surface area contributed by atoms with Crippen LogP contribution in [0.1, 0.15) is 31.9 Å². The van der Waals surface area contributed by atoms with Crippen LogP contribution in [-0.2, 0) is 10.9 Å². The van der Waals surface area contributed by atoms with Crippen molar-refractivity contribution in [2.45, 2.75) is 32.5 Å². The zero-order valence-corrected chi connectivity index (χ0v) is 10.8. The van der Waals surface area contributed by atoms with Gasteiger partial charge >= 0.3 is 12.3 Å². The minimum Gasteiger partial charge on any atom is -0.444 e. The Morgan fingerprint density at radius 2 is 1.68 bits per heavy atom. The van der Waals surface area contributed by atoms with Crippen molar-refractivity contribution in [1.29, 1.82) is 0 Å². The molecule has 0 heterocycles. The van der Waals surface area contributed by atoms with Gasteiger partial charge in [0.25, 0.3) is 0 Å². The highest BCUT2D eigenvalue weighted by Crippen LogP contribution is 2.29. The molecule has 0 spiro atoms. The SMILES string of the molecule is CC(C)(C)OC(=O)N[CH]c1ccc(C(F)(F)F)cc1. The summed E-state index contributed by atoms with van der Waals surface area (Å²) in [6.45, 7) is 6.42. The average molecular weight is 274 g/mol. The summed E-state index contributed by atoms with van der Waals surface area (Å²) in [5.74, 6) is 0. The molecule has 0 aliphatic rings. The van der Waals surface area contributed by atoms with Crippen LogP contribution in [0.3, 0.4) is 0 Å². The molecule has 1 aromatic carbocycles. The van der Waals surface area contributed by atoms with E-state index in [9.17, 15) is 18.0 Å². The van der Waals surface area contributed by atoms with Gasteiger partial charge in [-0.05, 0) is 38.5 Å². The summed E-state index contributed by atoms with van der Waals surface area (Å²) < 4.78 is 41.9. The van der Waals surface area contributed by atoms with E-state index in [2.05, 4.69) is 5.32 Å². The first-order chi connectivity index (χ1) is 8.58. The first-order valence-corrected chi connectivity index (χ1v) is 5.58. The Morgan fingerprint density at radius 1 is 1.16 bits per heavy atom. The first-order valence-electron chi connectivity index (χ1n) is 5.58. The third-order valence-corrected chi connectivity index (χ3v) is 1.99. The summed E-state index contributed by atoms with van der Waals surface area (Å²) >= 11 is 0. The van der Waals surface area contributed by atoms with E-state index >= 15 is 0 Å². The second-order valence-corrected chi connectivity index (χ2v) is 4.91. The second-order valence-electron chi connectivity index (χ2n) is 4.91. The molecule has 0 saturated heterocycles. The maximum absolute atomic E-state index is 12.3. The molecule has 0 aliphatic heterocycles. The summed E-state index contributed by atoms with van der Waals surface area (Å²) in [5, 5.41) is 2.35. The minimum absolute atomic E-state index is 0.443. The highest BCUT2D eigenvalue weighted by atomic mass is 19.4. The molecule has 1 aromatic rings. The number of carbonyl (C=O) groups is 1. The van der Waals surface area contributed by atoms with Crippen LogP contribution >= 0.6 is 0 Å². The van der Waals surface area contributed by atoms with E-state index in [4.69, 9.17) is 4.74 Å². The number of halogens is 3. The number of amides is 1. The van der Waals surface area contributed by atoms with Crippen LogP contribution in [0.4, 0.5) is 18.0 Å². The van der Waals surface area contributed by atoms with E-state index in [0.717, 1.165) is 12.1 Å². The van der Waals surface area contributed by atoms with Crippen LogP contribution in [-0.4, -0.2) is 11.7 Å². The molecule has 1 rings (SSSR count). The number of benzene rings is 1.